The van der Waals surface area contributed by atoms with E-state index in [2.05, 4.69) is 73.8 Å². The van der Waals surface area contributed by atoms with Gasteiger partial charge in [-0.25, -0.2) is 0 Å². The molecule has 2 aromatic rings. The van der Waals surface area contributed by atoms with Gasteiger partial charge in [-0.3, -0.25) is 0 Å². The van der Waals surface area contributed by atoms with Crippen LogP contribution >= 0.6 is 0 Å². The van der Waals surface area contributed by atoms with Crippen molar-refractivity contribution in [1.29, 1.82) is 0 Å². The van der Waals surface area contributed by atoms with Gasteiger partial charge in [0.2, 0.25) is 0 Å². The summed E-state index contributed by atoms with van der Waals surface area (Å²) in [5, 5.41) is 12.9. The molecule has 2 N–H and O–H groups in total. The zero-order valence-corrected chi connectivity index (χ0v) is 13.6. The fourth-order valence-electron chi connectivity index (χ4n) is 2.82. The summed E-state index contributed by atoms with van der Waals surface area (Å²) >= 11 is 0. The van der Waals surface area contributed by atoms with Crippen molar-refractivity contribution in [2.45, 2.75) is 31.6 Å². The van der Waals surface area contributed by atoms with Gasteiger partial charge in [-0.05, 0) is 23.5 Å². The number of aliphatic hydroxyl groups is 1. The Kier molecular flexibility index (Phi) is 6.17. The average molecular weight is 297 g/mol. The summed E-state index contributed by atoms with van der Waals surface area (Å²) in [6, 6.07) is 21.1. The van der Waals surface area contributed by atoms with E-state index in [9.17, 15) is 5.11 Å². The molecule has 0 aliphatic rings. The molecule has 2 rings (SSSR count). The van der Waals surface area contributed by atoms with E-state index in [1.807, 2.05) is 6.07 Å². The van der Waals surface area contributed by atoms with Gasteiger partial charge in [-0.2, -0.15) is 0 Å². The Labute approximate surface area is 134 Å². The summed E-state index contributed by atoms with van der Waals surface area (Å²) in [6.07, 6.45) is 0.794. The van der Waals surface area contributed by atoms with Gasteiger partial charge in [0.25, 0.3) is 0 Å². The zero-order chi connectivity index (χ0) is 15.8. The molecule has 2 heteroatoms. The molecule has 0 aliphatic heterocycles. The Bertz CT molecular complexity index is 536. The third-order valence-electron chi connectivity index (χ3n) is 4.26. The molecule has 1 unspecified atom stereocenters. The number of benzene rings is 2. The standard InChI is InChI=1S/C20H27NO/c1-20(2,19-11-7-4-8-12-19)16-21-15-18(13-14-22)17-9-5-3-6-10-17/h3-12,18,21-22H,13-16H2,1-2H3. The second-order valence-corrected chi connectivity index (χ2v) is 6.50. The van der Waals surface area contributed by atoms with Crippen molar-refractivity contribution in [1.82, 2.24) is 5.32 Å². The molecule has 1 atom stereocenters. The Balaban J connectivity index is 1.93. The van der Waals surface area contributed by atoms with Gasteiger partial charge >= 0.3 is 0 Å². The van der Waals surface area contributed by atoms with Gasteiger partial charge in [-0.15, -0.1) is 0 Å². The molecule has 0 radical (unpaired) electrons. The molecule has 0 spiro atoms. The molecule has 0 fully saturated rings. The number of rotatable bonds is 8. The summed E-state index contributed by atoms with van der Waals surface area (Å²) in [5.41, 5.74) is 2.74. The number of nitrogens with one attached hydrogen (secondary N) is 1. The van der Waals surface area contributed by atoms with E-state index >= 15 is 0 Å². The van der Waals surface area contributed by atoms with Crippen molar-refractivity contribution in [2.75, 3.05) is 19.7 Å². The highest BCUT2D eigenvalue weighted by atomic mass is 16.3. The first-order chi connectivity index (χ1) is 10.6. The lowest BCUT2D eigenvalue weighted by atomic mass is 9.84. The Hall–Kier alpha value is -1.64. The summed E-state index contributed by atoms with van der Waals surface area (Å²) in [7, 11) is 0. The van der Waals surface area contributed by atoms with Gasteiger partial charge in [0.15, 0.2) is 0 Å². The van der Waals surface area contributed by atoms with E-state index in [1.165, 1.54) is 11.1 Å². The van der Waals surface area contributed by atoms with E-state index in [-0.39, 0.29) is 12.0 Å². The lowest BCUT2D eigenvalue weighted by molar-refractivity contribution is 0.272. The maximum Gasteiger partial charge on any atom is 0.0437 e. The van der Waals surface area contributed by atoms with Crippen LogP contribution in [0, 0.1) is 0 Å². The molecule has 2 nitrogen and oxygen atoms in total. The normalized spacial score (nSPS) is 13.0. The van der Waals surface area contributed by atoms with Crippen molar-refractivity contribution in [3.8, 4) is 0 Å². The number of hydrogen-bond acceptors (Lipinski definition) is 2. The monoisotopic (exact) mass is 297 g/mol. The molecular formula is C20H27NO. The highest BCUT2D eigenvalue weighted by Gasteiger charge is 2.20. The quantitative estimate of drug-likeness (QED) is 0.778. The minimum atomic E-state index is 0.0989. The summed E-state index contributed by atoms with van der Waals surface area (Å²) in [5.74, 6) is 0.359. The molecule has 2 aromatic carbocycles. The first kappa shape index (κ1) is 16.7. The fourth-order valence-corrected chi connectivity index (χ4v) is 2.82. The van der Waals surface area contributed by atoms with E-state index in [1.54, 1.807) is 0 Å². The van der Waals surface area contributed by atoms with Crippen molar-refractivity contribution in [3.05, 3.63) is 71.8 Å². The lowest BCUT2D eigenvalue weighted by Gasteiger charge is -2.27. The van der Waals surface area contributed by atoms with Crippen molar-refractivity contribution < 1.29 is 5.11 Å². The van der Waals surface area contributed by atoms with E-state index < -0.39 is 0 Å². The SMILES string of the molecule is CC(C)(CNCC(CCO)c1ccccc1)c1ccccc1. The molecule has 22 heavy (non-hydrogen) atoms. The predicted molar refractivity (Wildman–Crippen MR) is 93.2 cm³/mol. The van der Waals surface area contributed by atoms with Crippen molar-refractivity contribution in [3.63, 3.8) is 0 Å². The minimum Gasteiger partial charge on any atom is -0.396 e. The fraction of sp³-hybridized carbons (Fsp3) is 0.400. The van der Waals surface area contributed by atoms with Crippen LogP contribution in [0.25, 0.3) is 0 Å². The lowest BCUT2D eigenvalue weighted by Crippen LogP contribution is -2.35. The van der Waals surface area contributed by atoms with Crippen molar-refractivity contribution >= 4 is 0 Å². The third kappa shape index (κ3) is 4.69. The minimum absolute atomic E-state index is 0.0989. The largest absolute Gasteiger partial charge is 0.396 e. The first-order valence-electron chi connectivity index (χ1n) is 8.05. The summed E-state index contributed by atoms with van der Waals surface area (Å²) in [4.78, 5) is 0. The number of hydrogen-bond donors (Lipinski definition) is 2. The van der Waals surface area contributed by atoms with Crippen LogP contribution in [0.1, 0.15) is 37.3 Å². The highest BCUT2D eigenvalue weighted by molar-refractivity contribution is 5.24. The Morgan fingerprint density at radius 3 is 2.14 bits per heavy atom. The maximum absolute atomic E-state index is 9.31. The van der Waals surface area contributed by atoms with Crippen LogP contribution in [-0.4, -0.2) is 24.8 Å². The van der Waals surface area contributed by atoms with Crippen LogP contribution in [-0.2, 0) is 5.41 Å². The van der Waals surface area contributed by atoms with E-state index in [0.717, 1.165) is 19.5 Å². The molecule has 0 saturated carbocycles. The van der Waals surface area contributed by atoms with Crippen LogP contribution in [0.5, 0.6) is 0 Å². The van der Waals surface area contributed by atoms with Gasteiger partial charge in [0.05, 0.1) is 0 Å². The summed E-state index contributed by atoms with van der Waals surface area (Å²) in [6.45, 7) is 6.56. The number of aliphatic hydroxyl groups excluding tert-OH is 1. The smallest absolute Gasteiger partial charge is 0.0437 e. The van der Waals surface area contributed by atoms with Crippen LogP contribution in [0.4, 0.5) is 0 Å². The van der Waals surface area contributed by atoms with Crippen molar-refractivity contribution in [2.24, 2.45) is 0 Å². The molecule has 0 heterocycles. The Morgan fingerprint density at radius 1 is 0.955 bits per heavy atom. The van der Waals surface area contributed by atoms with Gasteiger partial charge in [0.1, 0.15) is 0 Å². The van der Waals surface area contributed by atoms with E-state index in [4.69, 9.17) is 0 Å². The molecule has 0 aromatic heterocycles. The predicted octanol–water partition coefficient (Wildman–Crippen LogP) is 3.72. The van der Waals surface area contributed by atoms with Gasteiger partial charge in [0, 0.05) is 25.1 Å². The highest BCUT2D eigenvalue weighted by Crippen LogP contribution is 2.23. The Morgan fingerprint density at radius 2 is 1.55 bits per heavy atom. The van der Waals surface area contributed by atoms with Crippen LogP contribution in [0.2, 0.25) is 0 Å². The zero-order valence-electron chi connectivity index (χ0n) is 13.6. The maximum atomic E-state index is 9.31. The molecular weight excluding hydrogens is 270 g/mol. The summed E-state index contributed by atoms with van der Waals surface area (Å²) < 4.78 is 0. The molecule has 0 aliphatic carbocycles. The first-order valence-corrected chi connectivity index (χ1v) is 8.05. The molecule has 0 amide bonds. The molecule has 0 bridgehead atoms. The van der Waals surface area contributed by atoms with Crippen LogP contribution in [0.15, 0.2) is 60.7 Å². The second kappa shape index (κ2) is 8.11. The molecule has 118 valence electrons. The van der Waals surface area contributed by atoms with Gasteiger partial charge < -0.3 is 10.4 Å². The van der Waals surface area contributed by atoms with Gasteiger partial charge in [-0.1, -0.05) is 74.5 Å². The van der Waals surface area contributed by atoms with Crippen LogP contribution < -0.4 is 5.32 Å². The van der Waals surface area contributed by atoms with Crippen LogP contribution in [0.3, 0.4) is 0 Å². The molecule has 0 saturated heterocycles. The van der Waals surface area contributed by atoms with E-state index in [0.29, 0.717) is 5.92 Å². The second-order valence-electron chi connectivity index (χ2n) is 6.50. The third-order valence-corrected chi connectivity index (χ3v) is 4.26. The average Bonchev–Trinajstić information content (AvgIpc) is 2.55. The topological polar surface area (TPSA) is 32.3 Å².